The molecule has 0 unspecified atom stereocenters. The number of carbonyl (C=O) groups is 2. The standard InChI is InChI=1S/C19H22Cl2N4O2/c1-11-8-13(10-22-24-18(27)17(26)23-19(3,4)5)12(2)25(11)14-6-7-15(20)16(21)9-14/h6-10H,1-5H3,(H,23,26)(H,24,27)/b22-10-. The van der Waals surface area contributed by atoms with E-state index >= 15 is 0 Å². The number of carbonyl (C=O) groups excluding carboxylic acids is 2. The molecule has 6 nitrogen and oxygen atoms in total. The van der Waals surface area contributed by atoms with Gasteiger partial charge in [0, 0.05) is 28.2 Å². The minimum absolute atomic E-state index is 0.467. The van der Waals surface area contributed by atoms with Crippen LogP contribution in [0.3, 0.4) is 0 Å². The molecule has 2 rings (SSSR count). The summed E-state index contributed by atoms with van der Waals surface area (Å²) < 4.78 is 2.00. The molecule has 0 aliphatic rings. The third kappa shape index (κ3) is 5.34. The van der Waals surface area contributed by atoms with Crippen molar-refractivity contribution < 1.29 is 9.59 Å². The number of rotatable bonds is 3. The molecule has 144 valence electrons. The van der Waals surface area contributed by atoms with E-state index < -0.39 is 17.4 Å². The Morgan fingerprint density at radius 1 is 1.07 bits per heavy atom. The van der Waals surface area contributed by atoms with Crippen molar-refractivity contribution >= 4 is 41.2 Å². The van der Waals surface area contributed by atoms with Crippen LogP contribution in [0.1, 0.15) is 37.7 Å². The molecule has 0 saturated carbocycles. The van der Waals surface area contributed by atoms with Gasteiger partial charge in [-0.1, -0.05) is 23.2 Å². The van der Waals surface area contributed by atoms with Crippen LogP contribution >= 0.6 is 23.2 Å². The smallest absolute Gasteiger partial charge is 0.329 e. The molecule has 1 heterocycles. The summed E-state index contributed by atoms with van der Waals surface area (Å²) >= 11 is 12.1. The van der Waals surface area contributed by atoms with Crippen LogP contribution < -0.4 is 10.7 Å². The first-order chi connectivity index (χ1) is 12.5. The molecule has 2 amide bonds. The van der Waals surface area contributed by atoms with Crippen LogP contribution in [-0.4, -0.2) is 28.1 Å². The molecule has 1 aromatic carbocycles. The SMILES string of the molecule is Cc1cc(/C=N\NC(=O)C(=O)NC(C)(C)C)c(C)n1-c1ccc(Cl)c(Cl)c1. The fourth-order valence-electron chi connectivity index (χ4n) is 2.55. The lowest BCUT2D eigenvalue weighted by molar-refractivity contribution is -0.140. The molecule has 27 heavy (non-hydrogen) atoms. The number of hydrazone groups is 1. The molecule has 0 aliphatic carbocycles. The van der Waals surface area contributed by atoms with Crippen molar-refractivity contribution in [3.05, 3.63) is 51.3 Å². The van der Waals surface area contributed by atoms with Gasteiger partial charge in [-0.2, -0.15) is 5.10 Å². The molecular weight excluding hydrogens is 387 g/mol. The highest BCUT2D eigenvalue weighted by Gasteiger charge is 2.19. The summed E-state index contributed by atoms with van der Waals surface area (Å²) in [6, 6.07) is 7.31. The monoisotopic (exact) mass is 408 g/mol. The lowest BCUT2D eigenvalue weighted by Crippen LogP contribution is -2.47. The number of aryl methyl sites for hydroxylation is 1. The summed E-state index contributed by atoms with van der Waals surface area (Å²) in [7, 11) is 0. The Labute approximate surface area is 168 Å². The number of benzene rings is 1. The summed E-state index contributed by atoms with van der Waals surface area (Å²) in [5.41, 5.74) is 5.28. The highest BCUT2D eigenvalue weighted by atomic mass is 35.5. The van der Waals surface area contributed by atoms with Gasteiger partial charge in [-0.15, -0.1) is 0 Å². The van der Waals surface area contributed by atoms with Crippen molar-refractivity contribution in [3.8, 4) is 5.69 Å². The van der Waals surface area contributed by atoms with Gasteiger partial charge in [0.1, 0.15) is 0 Å². The Bertz CT molecular complexity index is 911. The van der Waals surface area contributed by atoms with Crippen LogP contribution in [0.25, 0.3) is 5.69 Å². The van der Waals surface area contributed by atoms with Crippen LogP contribution in [0, 0.1) is 13.8 Å². The van der Waals surface area contributed by atoms with Crippen molar-refractivity contribution in [2.75, 3.05) is 0 Å². The van der Waals surface area contributed by atoms with E-state index in [0.29, 0.717) is 10.0 Å². The van der Waals surface area contributed by atoms with Crippen LogP contribution in [0.15, 0.2) is 29.4 Å². The van der Waals surface area contributed by atoms with Crippen molar-refractivity contribution in [1.29, 1.82) is 0 Å². The second-order valence-electron chi connectivity index (χ2n) is 7.16. The predicted octanol–water partition coefficient (Wildman–Crippen LogP) is 3.77. The van der Waals surface area contributed by atoms with Crippen LogP contribution in [0.4, 0.5) is 0 Å². The maximum atomic E-state index is 11.8. The van der Waals surface area contributed by atoms with Crippen molar-refractivity contribution in [1.82, 2.24) is 15.3 Å². The van der Waals surface area contributed by atoms with E-state index in [1.165, 1.54) is 6.21 Å². The number of hydrogen-bond acceptors (Lipinski definition) is 3. The Hall–Kier alpha value is -2.31. The molecule has 2 N–H and O–H groups in total. The zero-order valence-electron chi connectivity index (χ0n) is 15.9. The Morgan fingerprint density at radius 3 is 2.33 bits per heavy atom. The zero-order valence-corrected chi connectivity index (χ0v) is 17.4. The molecule has 8 heteroatoms. The molecule has 0 radical (unpaired) electrons. The fraction of sp³-hybridized carbons (Fsp3) is 0.316. The number of hydrogen-bond donors (Lipinski definition) is 2. The molecule has 0 atom stereocenters. The summed E-state index contributed by atoms with van der Waals surface area (Å²) in [6.45, 7) is 9.24. The highest BCUT2D eigenvalue weighted by Crippen LogP contribution is 2.27. The average molecular weight is 409 g/mol. The van der Waals surface area contributed by atoms with Crippen LogP contribution in [0.5, 0.6) is 0 Å². The van der Waals surface area contributed by atoms with Gasteiger partial charge in [0.15, 0.2) is 0 Å². The number of nitrogens with one attached hydrogen (secondary N) is 2. The number of amides is 2. The van der Waals surface area contributed by atoms with Gasteiger partial charge in [0.05, 0.1) is 16.3 Å². The molecule has 1 aromatic heterocycles. The van der Waals surface area contributed by atoms with Crippen molar-refractivity contribution in [3.63, 3.8) is 0 Å². The summed E-state index contributed by atoms with van der Waals surface area (Å²) in [5.74, 6) is -1.56. The van der Waals surface area contributed by atoms with E-state index in [1.807, 2.05) is 30.5 Å². The third-order valence-electron chi connectivity index (χ3n) is 3.70. The Balaban J connectivity index is 2.16. The maximum absolute atomic E-state index is 11.8. The van der Waals surface area contributed by atoms with Gasteiger partial charge >= 0.3 is 11.8 Å². The molecule has 0 aliphatic heterocycles. The fourth-order valence-corrected chi connectivity index (χ4v) is 2.84. The zero-order chi connectivity index (χ0) is 20.4. The number of nitrogens with zero attached hydrogens (tertiary/aromatic N) is 2. The molecular formula is C19H22Cl2N4O2. The second-order valence-corrected chi connectivity index (χ2v) is 7.98. The van der Waals surface area contributed by atoms with E-state index in [0.717, 1.165) is 22.6 Å². The molecule has 0 fully saturated rings. The molecule has 2 aromatic rings. The van der Waals surface area contributed by atoms with Crippen LogP contribution in [-0.2, 0) is 9.59 Å². The average Bonchev–Trinajstić information content (AvgIpc) is 2.82. The minimum Gasteiger partial charge on any atom is -0.343 e. The first-order valence-corrected chi connectivity index (χ1v) is 9.05. The van der Waals surface area contributed by atoms with Gasteiger partial charge in [-0.3, -0.25) is 9.59 Å². The quantitative estimate of drug-likeness (QED) is 0.460. The van der Waals surface area contributed by atoms with Gasteiger partial charge < -0.3 is 9.88 Å². The molecule has 0 spiro atoms. The topological polar surface area (TPSA) is 75.5 Å². The Kier molecular flexibility index (Phi) is 6.34. The van der Waals surface area contributed by atoms with Gasteiger partial charge in [0.2, 0.25) is 0 Å². The van der Waals surface area contributed by atoms with E-state index in [4.69, 9.17) is 23.2 Å². The van der Waals surface area contributed by atoms with Gasteiger partial charge in [-0.05, 0) is 58.9 Å². The maximum Gasteiger partial charge on any atom is 0.329 e. The van der Waals surface area contributed by atoms with E-state index in [1.54, 1.807) is 32.9 Å². The van der Waals surface area contributed by atoms with Gasteiger partial charge in [0.25, 0.3) is 0 Å². The minimum atomic E-state index is -0.820. The second kappa shape index (κ2) is 8.15. The summed E-state index contributed by atoms with van der Waals surface area (Å²) in [5, 5.41) is 7.41. The normalized spacial score (nSPS) is 11.7. The van der Waals surface area contributed by atoms with Crippen molar-refractivity contribution in [2.45, 2.75) is 40.2 Å². The lowest BCUT2D eigenvalue weighted by atomic mass is 10.1. The Morgan fingerprint density at radius 2 is 1.74 bits per heavy atom. The van der Waals surface area contributed by atoms with E-state index in [9.17, 15) is 9.59 Å². The van der Waals surface area contributed by atoms with Crippen molar-refractivity contribution in [2.24, 2.45) is 5.10 Å². The predicted molar refractivity (Wildman–Crippen MR) is 109 cm³/mol. The highest BCUT2D eigenvalue weighted by molar-refractivity contribution is 6.42. The largest absolute Gasteiger partial charge is 0.343 e. The number of aromatic nitrogens is 1. The first-order valence-electron chi connectivity index (χ1n) is 8.29. The first kappa shape index (κ1) is 21.0. The van der Waals surface area contributed by atoms with E-state index in [2.05, 4.69) is 15.8 Å². The molecule has 0 bridgehead atoms. The molecule has 0 saturated heterocycles. The summed E-state index contributed by atoms with van der Waals surface area (Å²) in [6.07, 6.45) is 1.50. The van der Waals surface area contributed by atoms with Gasteiger partial charge in [-0.25, -0.2) is 5.43 Å². The third-order valence-corrected chi connectivity index (χ3v) is 4.44. The summed E-state index contributed by atoms with van der Waals surface area (Å²) in [4.78, 5) is 23.5. The lowest BCUT2D eigenvalue weighted by Gasteiger charge is -2.19. The van der Waals surface area contributed by atoms with Crippen LogP contribution in [0.2, 0.25) is 10.0 Å². The van der Waals surface area contributed by atoms with E-state index in [-0.39, 0.29) is 0 Å². The number of halogens is 2.